The van der Waals surface area contributed by atoms with E-state index >= 15 is 0 Å². The van der Waals surface area contributed by atoms with Gasteiger partial charge in [-0.15, -0.1) is 0 Å². The van der Waals surface area contributed by atoms with Gasteiger partial charge in [0, 0.05) is 17.8 Å². The second-order valence-corrected chi connectivity index (χ2v) is 3.86. The number of halogens is 1. The Morgan fingerprint density at radius 2 is 1.79 bits per heavy atom. The Bertz CT molecular complexity index is 471. The summed E-state index contributed by atoms with van der Waals surface area (Å²) in [5.41, 5.74) is 5.79. The Kier molecular flexibility index (Phi) is 5.53. The fraction of sp³-hybridized carbons (Fsp3) is 0.231. The third-order valence-electron chi connectivity index (χ3n) is 2.20. The van der Waals surface area contributed by atoms with E-state index in [2.05, 4.69) is 22.7 Å². The van der Waals surface area contributed by atoms with Gasteiger partial charge in [0.1, 0.15) is 5.82 Å². The standard InChI is InChI=1S/C13H16FN3O2/c1-3-12(18)17-16-9(2)8-13(19)15-11-6-4-10(14)5-7-11/h4-7,16H,2-3,8H2,1H3,(H,15,19)(H,17,18). The first-order valence-electron chi connectivity index (χ1n) is 5.79. The molecule has 1 aromatic rings. The molecule has 1 rings (SSSR count). The highest BCUT2D eigenvalue weighted by atomic mass is 19.1. The third-order valence-corrected chi connectivity index (χ3v) is 2.20. The summed E-state index contributed by atoms with van der Waals surface area (Å²) < 4.78 is 12.7. The first kappa shape index (κ1) is 14.7. The first-order valence-corrected chi connectivity index (χ1v) is 5.79. The molecule has 0 saturated carbocycles. The molecule has 0 aromatic heterocycles. The Hall–Kier alpha value is -2.37. The number of carbonyl (C=O) groups is 2. The summed E-state index contributed by atoms with van der Waals surface area (Å²) in [6.07, 6.45) is 0.337. The van der Waals surface area contributed by atoms with Gasteiger partial charge >= 0.3 is 0 Å². The molecule has 19 heavy (non-hydrogen) atoms. The van der Waals surface area contributed by atoms with Gasteiger partial charge in [0.15, 0.2) is 0 Å². The van der Waals surface area contributed by atoms with Crippen LogP contribution in [0.2, 0.25) is 0 Å². The van der Waals surface area contributed by atoms with Gasteiger partial charge in [0.2, 0.25) is 11.8 Å². The molecule has 0 radical (unpaired) electrons. The van der Waals surface area contributed by atoms with Crippen molar-refractivity contribution in [2.45, 2.75) is 19.8 Å². The number of nitrogens with one attached hydrogen (secondary N) is 3. The lowest BCUT2D eigenvalue weighted by molar-refractivity contribution is -0.122. The molecule has 0 unspecified atom stereocenters. The molecule has 0 aliphatic carbocycles. The maximum atomic E-state index is 12.7. The summed E-state index contributed by atoms with van der Waals surface area (Å²) in [4.78, 5) is 22.6. The van der Waals surface area contributed by atoms with Crippen LogP contribution in [0.5, 0.6) is 0 Å². The maximum Gasteiger partial charge on any atom is 0.238 e. The van der Waals surface area contributed by atoms with E-state index in [4.69, 9.17) is 0 Å². The zero-order valence-electron chi connectivity index (χ0n) is 10.6. The summed E-state index contributed by atoms with van der Waals surface area (Å²) in [7, 11) is 0. The summed E-state index contributed by atoms with van der Waals surface area (Å²) in [5, 5.41) is 2.58. The third kappa shape index (κ3) is 5.67. The second kappa shape index (κ2) is 7.15. The summed E-state index contributed by atoms with van der Waals surface area (Å²) in [6.45, 7) is 5.32. The number of rotatable bonds is 6. The van der Waals surface area contributed by atoms with Gasteiger partial charge in [-0.05, 0) is 24.3 Å². The van der Waals surface area contributed by atoms with Crippen molar-refractivity contribution < 1.29 is 14.0 Å². The predicted molar refractivity (Wildman–Crippen MR) is 70.4 cm³/mol. The average Bonchev–Trinajstić information content (AvgIpc) is 2.38. The van der Waals surface area contributed by atoms with Crippen molar-refractivity contribution in [3.63, 3.8) is 0 Å². The quantitative estimate of drug-likeness (QED) is 0.686. The molecule has 0 atom stereocenters. The zero-order chi connectivity index (χ0) is 14.3. The Morgan fingerprint density at radius 1 is 1.16 bits per heavy atom. The second-order valence-electron chi connectivity index (χ2n) is 3.86. The normalized spacial score (nSPS) is 9.58. The SMILES string of the molecule is C=C(CC(=O)Nc1ccc(F)cc1)NNC(=O)CC. The molecule has 0 bridgehead atoms. The highest BCUT2D eigenvalue weighted by molar-refractivity contribution is 5.92. The van der Waals surface area contributed by atoms with Crippen molar-refractivity contribution in [1.82, 2.24) is 10.9 Å². The minimum atomic E-state index is -0.369. The topological polar surface area (TPSA) is 70.2 Å². The Balaban J connectivity index is 2.36. The lowest BCUT2D eigenvalue weighted by Gasteiger charge is -2.10. The molecule has 0 heterocycles. The van der Waals surface area contributed by atoms with Crippen LogP contribution >= 0.6 is 0 Å². The Morgan fingerprint density at radius 3 is 2.37 bits per heavy atom. The van der Waals surface area contributed by atoms with E-state index in [9.17, 15) is 14.0 Å². The maximum absolute atomic E-state index is 12.7. The molecule has 6 heteroatoms. The van der Waals surface area contributed by atoms with Gasteiger partial charge < -0.3 is 10.7 Å². The van der Waals surface area contributed by atoms with Crippen LogP contribution in [0.1, 0.15) is 19.8 Å². The zero-order valence-corrected chi connectivity index (χ0v) is 10.6. The number of hydrazine groups is 1. The molecule has 0 aliphatic heterocycles. The number of anilines is 1. The van der Waals surface area contributed by atoms with Gasteiger partial charge in [0.05, 0.1) is 6.42 Å². The Labute approximate surface area is 110 Å². The van der Waals surface area contributed by atoms with Crippen molar-refractivity contribution >= 4 is 17.5 Å². The molecule has 0 spiro atoms. The van der Waals surface area contributed by atoms with Gasteiger partial charge in [-0.2, -0.15) is 0 Å². The van der Waals surface area contributed by atoms with Crippen molar-refractivity contribution in [2.75, 3.05) is 5.32 Å². The molecule has 0 aliphatic rings. The van der Waals surface area contributed by atoms with E-state index in [1.54, 1.807) is 6.92 Å². The van der Waals surface area contributed by atoms with Crippen LogP contribution in [0.3, 0.4) is 0 Å². The minimum Gasteiger partial charge on any atom is -0.326 e. The molecule has 3 N–H and O–H groups in total. The lowest BCUT2D eigenvalue weighted by atomic mass is 10.3. The van der Waals surface area contributed by atoms with E-state index in [0.29, 0.717) is 17.8 Å². The van der Waals surface area contributed by atoms with E-state index in [1.165, 1.54) is 24.3 Å². The summed E-state index contributed by atoms with van der Waals surface area (Å²) in [6, 6.07) is 5.43. The largest absolute Gasteiger partial charge is 0.326 e. The van der Waals surface area contributed by atoms with Crippen molar-refractivity contribution in [1.29, 1.82) is 0 Å². The first-order chi connectivity index (χ1) is 9.01. The van der Waals surface area contributed by atoms with Crippen LogP contribution in [0, 0.1) is 5.82 Å². The molecular weight excluding hydrogens is 249 g/mol. The van der Waals surface area contributed by atoms with Crippen LogP contribution in [0.25, 0.3) is 0 Å². The monoisotopic (exact) mass is 265 g/mol. The number of hydrogen-bond donors (Lipinski definition) is 3. The fourth-order valence-corrected chi connectivity index (χ4v) is 1.22. The van der Waals surface area contributed by atoms with Crippen LogP contribution in [-0.2, 0) is 9.59 Å². The lowest BCUT2D eigenvalue weighted by Crippen LogP contribution is -2.36. The van der Waals surface area contributed by atoms with Crippen LogP contribution in [0.15, 0.2) is 36.5 Å². The van der Waals surface area contributed by atoms with Crippen molar-refractivity contribution in [3.05, 3.63) is 42.4 Å². The van der Waals surface area contributed by atoms with E-state index in [0.717, 1.165) is 0 Å². The van der Waals surface area contributed by atoms with E-state index in [-0.39, 0.29) is 24.1 Å². The van der Waals surface area contributed by atoms with Crippen molar-refractivity contribution in [2.24, 2.45) is 0 Å². The predicted octanol–water partition coefficient (Wildman–Crippen LogP) is 1.70. The molecule has 2 amide bonds. The molecular formula is C13H16FN3O2. The number of hydrogen-bond acceptors (Lipinski definition) is 3. The molecule has 0 saturated heterocycles. The molecule has 0 fully saturated rings. The smallest absolute Gasteiger partial charge is 0.238 e. The van der Waals surface area contributed by atoms with Gasteiger partial charge in [-0.25, -0.2) is 4.39 Å². The molecule has 1 aromatic carbocycles. The van der Waals surface area contributed by atoms with E-state index < -0.39 is 0 Å². The van der Waals surface area contributed by atoms with Gasteiger partial charge in [-0.3, -0.25) is 15.0 Å². The van der Waals surface area contributed by atoms with Crippen LogP contribution < -0.4 is 16.2 Å². The minimum absolute atomic E-state index is 0.00136. The van der Waals surface area contributed by atoms with Gasteiger partial charge in [-0.1, -0.05) is 13.5 Å². The fourth-order valence-electron chi connectivity index (χ4n) is 1.22. The van der Waals surface area contributed by atoms with E-state index in [1.807, 2.05) is 0 Å². The van der Waals surface area contributed by atoms with Crippen LogP contribution in [-0.4, -0.2) is 11.8 Å². The van der Waals surface area contributed by atoms with Gasteiger partial charge in [0.25, 0.3) is 0 Å². The highest BCUT2D eigenvalue weighted by Gasteiger charge is 2.05. The summed E-state index contributed by atoms with van der Waals surface area (Å²) >= 11 is 0. The number of benzene rings is 1. The van der Waals surface area contributed by atoms with Crippen LogP contribution in [0.4, 0.5) is 10.1 Å². The summed E-state index contributed by atoms with van der Waals surface area (Å²) in [5.74, 6) is -0.874. The molecule has 5 nitrogen and oxygen atoms in total. The molecule has 102 valence electrons. The number of amides is 2. The number of carbonyl (C=O) groups excluding carboxylic acids is 2. The van der Waals surface area contributed by atoms with Crippen molar-refractivity contribution in [3.8, 4) is 0 Å². The average molecular weight is 265 g/mol. The highest BCUT2D eigenvalue weighted by Crippen LogP contribution is 2.09.